The molecule has 0 unspecified atom stereocenters. The van der Waals surface area contributed by atoms with Gasteiger partial charge in [-0.25, -0.2) is 13.4 Å². The molecule has 8 heteroatoms. The summed E-state index contributed by atoms with van der Waals surface area (Å²) in [5.41, 5.74) is 0. The Balaban J connectivity index is 1.63. The predicted molar refractivity (Wildman–Crippen MR) is 102 cm³/mol. The van der Waals surface area contributed by atoms with Crippen LogP contribution in [0.1, 0.15) is 0 Å². The maximum Gasteiger partial charge on any atom is 0.243 e. The highest BCUT2D eigenvalue weighted by molar-refractivity contribution is 7.89. The first-order valence-corrected chi connectivity index (χ1v) is 10.1. The predicted octanol–water partition coefficient (Wildman–Crippen LogP) is 2.79. The third-order valence-corrected chi connectivity index (χ3v) is 6.80. The Hall–Kier alpha value is -2.22. The fourth-order valence-corrected chi connectivity index (χ4v) is 5.23. The van der Waals surface area contributed by atoms with Crippen LogP contribution in [0.2, 0.25) is 5.02 Å². The highest BCUT2D eigenvalue weighted by Gasteiger charge is 2.30. The summed E-state index contributed by atoms with van der Waals surface area (Å²) in [4.78, 5) is 10.6. The minimum Gasteiger partial charge on any atom is -0.353 e. The molecule has 0 amide bonds. The zero-order valence-corrected chi connectivity index (χ0v) is 15.5. The van der Waals surface area contributed by atoms with Gasteiger partial charge in [-0.1, -0.05) is 35.9 Å². The van der Waals surface area contributed by atoms with Crippen LogP contribution < -0.4 is 4.90 Å². The zero-order valence-electron chi connectivity index (χ0n) is 13.9. The van der Waals surface area contributed by atoms with E-state index in [-0.39, 0.29) is 4.90 Å². The van der Waals surface area contributed by atoms with Crippen molar-refractivity contribution >= 4 is 38.2 Å². The molecule has 0 aliphatic carbocycles. The average Bonchev–Trinajstić information content (AvgIpc) is 2.68. The monoisotopic (exact) mass is 388 g/mol. The van der Waals surface area contributed by atoms with Gasteiger partial charge in [0.25, 0.3) is 0 Å². The normalized spacial score (nSPS) is 16.1. The smallest absolute Gasteiger partial charge is 0.243 e. The number of anilines is 1. The Bertz CT molecular complexity index is 1030. The first-order chi connectivity index (χ1) is 12.6. The van der Waals surface area contributed by atoms with Crippen LogP contribution in [0.25, 0.3) is 10.8 Å². The summed E-state index contributed by atoms with van der Waals surface area (Å²) in [6.45, 7) is 1.91. The van der Waals surface area contributed by atoms with Crippen molar-refractivity contribution in [1.82, 2.24) is 14.3 Å². The SMILES string of the molecule is O=S(=O)(c1cccc2cccc(Cl)c12)N1CCN(c2cnccn2)CC1. The minimum absolute atomic E-state index is 0.258. The Morgan fingerprint density at radius 2 is 1.69 bits per heavy atom. The second-order valence-electron chi connectivity index (χ2n) is 6.05. The van der Waals surface area contributed by atoms with Crippen LogP contribution in [0.5, 0.6) is 0 Å². The summed E-state index contributed by atoms with van der Waals surface area (Å²) >= 11 is 6.30. The fourth-order valence-electron chi connectivity index (χ4n) is 3.23. The van der Waals surface area contributed by atoms with Gasteiger partial charge in [0, 0.05) is 49.0 Å². The van der Waals surface area contributed by atoms with Gasteiger partial charge in [0.05, 0.1) is 11.1 Å². The van der Waals surface area contributed by atoms with Crippen molar-refractivity contribution in [2.24, 2.45) is 0 Å². The molecule has 1 aliphatic rings. The van der Waals surface area contributed by atoms with Crippen molar-refractivity contribution in [2.45, 2.75) is 4.90 Å². The summed E-state index contributed by atoms with van der Waals surface area (Å²) in [6.07, 6.45) is 4.94. The third kappa shape index (κ3) is 3.02. The number of aromatic nitrogens is 2. The van der Waals surface area contributed by atoms with Crippen LogP contribution in [0.3, 0.4) is 0 Å². The number of sulfonamides is 1. The van der Waals surface area contributed by atoms with Gasteiger partial charge in [-0.3, -0.25) is 4.98 Å². The van der Waals surface area contributed by atoms with Gasteiger partial charge < -0.3 is 4.90 Å². The van der Waals surface area contributed by atoms with Gasteiger partial charge in [0.2, 0.25) is 10.0 Å². The molecule has 1 saturated heterocycles. The molecule has 2 aromatic carbocycles. The van der Waals surface area contributed by atoms with Crippen molar-refractivity contribution in [3.63, 3.8) is 0 Å². The second kappa shape index (κ2) is 6.83. The molecular formula is C18H17ClN4O2S. The molecule has 134 valence electrons. The molecule has 0 atom stereocenters. The van der Waals surface area contributed by atoms with E-state index in [4.69, 9.17) is 11.6 Å². The standard InChI is InChI=1S/C18H17ClN4O2S/c19-15-5-1-3-14-4-2-6-16(18(14)15)26(24,25)23-11-9-22(10-12-23)17-13-20-7-8-21-17/h1-8,13H,9-12H2. The van der Waals surface area contributed by atoms with Crippen LogP contribution in [0.15, 0.2) is 59.9 Å². The third-order valence-electron chi connectivity index (χ3n) is 4.55. The Labute approximate surface area is 157 Å². The number of fused-ring (bicyclic) bond motifs is 1. The number of hydrogen-bond donors (Lipinski definition) is 0. The Kier molecular flexibility index (Phi) is 4.52. The van der Waals surface area contributed by atoms with E-state index in [2.05, 4.69) is 9.97 Å². The molecule has 0 radical (unpaired) electrons. The van der Waals surface area contributed by atoms with Crippen molar-refractivity contribution in [2.75, 3.05) is 31.1 Å². The zero-order chi connectivity index (χ0) is 18.1. The van der Waals surface area contributed by atoms with Gasteiger partial charge in [-0.15, -0.1) is 0 Å². The topological polar surface area (TPSA) is 66.4 Å². The summed E-state index contributed by atoms with van der Waals surface area (Å²) in [6, 6.07) is 10.6. The van der Waals surface area contributed by atoms with Crippen molar-refractivity contribution in [1.29, 1.82) is 0 Å². The Morgan fingerprint density at radius 1 is 0.962 bits per heavy atom. The summed E-state index contributed by atoms with van der Waals surface area (Å²) < 4.78 is 27.9. The summed E-state index contributed by atoms with van der Waals surface area (Å²) in [5, 5.41) is 1.84. The summed E-state index contributed by atoms with van der Waals surface area (Å²) in [7, 11) is -3.63. The van der Waals surface area contributed by atoms with Crippen LogP contribution in [0.4, 0.5) is 5.82 Å². The van der Waals surface area contributed by atoms with Gasteiger partial charge in [-0.05, 0) is 17.5 Å². The van der Waals surface area contributed by atoms with E-state index >= 15 is 0 Å². The van der Waals surface area contributed by atoms with E-state index in [1.54, 1.807) is 36.8 Å². The second-order valence-corrected chi connectivity index (χ2v) is 8.36. The van der Waals surface area contributed by atoms with Gasteiger partial charge in [-0.2, -0.15) is 4.31 Å². The highest BCUT2D eigenvalue weighted by Crippen LogP contribution is 2.32. The lowest BCUT2D eigenvalue weighted by atomic mass is 10.1. The number of hydrogen-bond acceptors (Lipinski definition) is 5. The number of rotatable bonds is 3. The molecule has 1 fully saturated rings. The summed E-state index contributed by atoms with van der Waals surface area (Å²) in [5.74, 6) is 0.762. The lowest BCUT2D eigenvalue weighted by Gasteiger charge is -2.34. The maximum absolute atomic E-state index is 13.2. The van der Waals surface area contributed by atoms with E-state index in [0.717, 1.165) is 11.2 Å². The largest absolute Gasteiger partial charge is 0.353 e. The van der Waals surface area contributed by atoms with E-state index in [1.165, 1.54) is 4.31 Å². The van der Waals surface area contributed by atoms with Gasteiger partial charge in [0.1, 0.15) is 5.82 Å². The highest BCUT2D eigenvalue weighted by atomic mass is 35.5. The lowest BCUT2D eigenvalue weighted by molar-refractivity contribution is 0.384. The minimum atomic E-state index is -3.63. The molecule has 0 bridgehead atoms. The van der Waals surface area contributed by atoms with Gasteiger partial charge in [0.15, 0.2) is 0 Å². The molecule has 26 heavy (non-hydrogen) atoms. The van der Waals surface area contributed by atoms with Crippen LogP contribution in [0, 0.1) is 0 Å². The molecule has 3 aromatic rings. The van der Waals surface area contributed by atoms with E-state index in [0.29, 0.717) is 36.6 Å². The lowest BCUT2D eigenvalue weighted by Crippen LogP contribution is -2.49. The van der Waals surface area contributed by atoms with Crippen molar-refractivity contribution in [3.8, 4) is 0 Å². The van der Waals surface area contributed by atoms with E-state index in [9.17, 15) is 8.42 Å². The molecule has 2 heterocycles. The molecule has 6 nitrogen and oxygen atoms in total. The van der Waals surface area contributed by atoms with E-state index < -0.39 is 10.0 Å². The van der Waals surface area contributed by atoms with Crippen molar-refractivity contribution in [3.05, 3.63) is 60.0 Å². The quantitative estimate of drug-likeness (QED) is 0.690. The number of benzene rings is 2. The van der Waals surface area contributed by atoms with Crippen LogP contribution in [-0.2, 0) is 10.0 Å². The first kappa shape index (κ1) is 17.2. The van der Waals surface area contributed by atoms with E-state index in [1.807, 2.05) is 23.1 Å². The van der Waals surface area contributed by atoms with Crippen molar-refractivity contribution < 1.29 is 8.42 Å². The maximum atomic E-state index is 13.2. The average molecular weight is 389 g/mol. The fraction of sp³-hybridized carbons (Fsp3) is 0.222. The Morgan fingerprint density at radius 3 is 2.38 bits per heavy atom. The molecular weight excluding hydrogens is 372 g/mol. The van der Waals surface area contributed by atoms with Crippen LogP contribution in [-0.4, -0.2) is 48.9 Å². The number of nitrogens with zero attached hydrogens (tertiary/aromatic N) is 4. The van der Waals surface area contributed by atoms with Gasteiger partial charge >= 0.3 is 0 Å². The number of halogens is 1. The number of piperazine rings is 1. The molecule has 1 aliphatic heterocycles. The molecule has 0 saturated carbocycles. The molecule has 0 spiro atoms. The molecule has 0 N–H and O–H groups in total. The molecule has 1 aromatic heterocycles. The molecule has 4 rings (SSSR count). The van der Waals surface area contributed by atoms with Crippen LogP contribution >= 0.6 is 11.6 Å². The first-order valence-electron chi connectivity index (χ1n) is 8.26.